The Kier molecular flexibility index (Phi) is 1.04. The van der Waals surface area contributed by atoms with Crippen molar-refractivity contribution in [3.63, 3.8) is 0 Å². The van der Waals surface area contributed by atoms with Gasteiger partial charge in [0.15, 0.2) is 0 Å². The third-order valence-electron chi connectivity index (χ3n) is 1.07. The molecule has 6 heavy (non-hydrogen) atoms. The minimum absolute atomic E-state index is 0.299. The van der Waals surface area contributed by atoms with Crippen molar-refractivity contribution in [1.82, 2.24) is 0 Å². The molecule has 2 atom stereocenters. The fourth-order valence-electron chi connectivity index (χ4n) is 0.400. The molecule has 1 saturated carbocycles. The number of hydrogen-bond acceptors (Lipinski definition) is 1. The van der Waals surface area contributed by atoms with Gasteiger partial charge in [-0.15, -0.1) is 0 Å². The molecule has 0 amide bonds. The quantitative estimate of drug-likeness (QED) is 0.478. The van der Waals surface area contributed by atoms with Gasteiger partial charge in [-0.25, -0.2) is 4.39 Å². The van der Waals surface area contributed by atoms with E-state index in [1.54, 1.807) is 0 Å². The van der Waals surface area contributed by atoms with Crippen molar-refractivity contribution in [3.8, 4) is 0 Å². The average molecular weight is 106 g/mol. The van der Waals surface area contributed by atoms with Crippen LogP contribution >= 0.6 is 12.6 Å². The first-order valence-corrected chi connectivity index (χ1v) is 2.72. The van der Waals surface area contributed by atoms with E-state index >= 15 is 0 Å². The van der Waals surface area contributed by atoms with Crippen LogP contribution in [0.1, 0.15) is 6.42 Å². The van der Waals surface area contributed by atoms with Crippen LogP contribution in [0.4, 0.5) is 4.39 Å². The van der Waals surface area contributed by atoms with Gasteiger partial charge in [0.2, 0.25) is 0 Å². The summed E-state index contributed by atoms with van der Waals surface area (Å²) >= 11 is 3.90. The zero-order valence-corrected chi connectivity index (χ0v) is 4.29. The summed E-state index contributed by atoms with van der Waals surface area (Å²) in [5.41, 5.74) is 0. The predicted octanol–water partition coefficient (Wildman–Crippen LogP) is 1.27. The summed E-state index contributed by atoms with van der Waals surface area (Å²) in [6, 6.07) is 0. The summed E-state index contributed by atoms with van der Waals surface area (Å²) < 4.78 is 11.7. The molecule has 36 valence electrons. The Bertz CT molecular complexity index is 53.5. The molecule has 0 heterocycles. The summed E-state index contributed by atoms with van der Waals surface area (Å²) in [5, 5.41) is 0. The van der Waals surface area contributed by atoms with Crippen LogP contribution in [0, 0.1) is 5.92 Å². The second-order valence-electron chi connectivity index (χ2n) is 1.69. The zero-order valence-electron chi connectivity index (χ0n) is 3.39. The maximum atomic E-state index is 11.7. The molecule has 0 bridgehead atoms. The molecule has 1 aliphatic rings. The minimum Gasteiger partial charge on any atom is -0.247 e. The van der Waals surface area contributed by atoms with E-state index in [1.165, 1.54) is 0 Å². The Labute approximate surface area is 42.1 Å². The van der Waals surface area contributed by atoms with Crippen molar-refractivity contribution < 1.29 is 4.39 Å². The fraction of sp³-hybridized carbons (Fsp3) is 1.00. The van der Waals surface area contributed by atoms with Crippen LogP contribution in [0.2, 0.25) is 0 Å². The number of hydrogen-bond donors (Lipinski definition) is 1. The number of rotatable bonds is 1. The molecule has 0 aromatic heterocycles. The first kappa shape index (κ1) is 4.44. The van der Waals surface area contributed by atoms with Crippen molar-refractivity contribution in [2.45, 2.75) is 12.6 Å². The third-order valence-corrected chi connectivity index (χ3v) is 1.54. The molecule has 0 N–H and O–H groups in total. The molecule has 1 fully saturated rings. The van der Waals surface area contributed by atoms with Crippen LogP contribution in [0.15, 0.2) is 0 Å². The van der Waals surface area contributed by atoms with E-state index in [4.69, 9.17) is 0 Å². The smallest absolute Gasteiger partial charge is 0.104 e. The second kappa shape index (κ2) is 1.41. The first-order valence-electron chi connectivity index (χ1n) is 2.09. The minimum atomic E-state index is -0.512. The molecule has 2 unspecified atom stereocenters. The van der Waals surface area contributed by atoms with Crippen LogP contribution in [0.3, 0.4) is 0 Å². The zero-order chi connectivity index (χ0) is 4.57. The Morgan fingerprint density at radius 1 is 1.83 bits per heavy atom. The Morgan fingerprint density at radius 3 is 2.33 bits per heavy atom. The predicted molar refractivity (Wildman–Crippen MR) is 26.9 cm³/mol. The van der Waals surface area contributed by atoms with Crippen molar-refractivity contribution in [1.29, 1.82) is 0 Å². The maximum absolute atomic E-state index is 11.7. The lowest BCUT2D eigenvalue weighted by molar-refractivity contribution is 0.456. The summed E-state index contributed by atoms with van der Waals surface area (Å²) in [6.07, 6.45) is 0.242. The largest absolute Gasteiger partial charge is 0.247 e. The number of halogens is 1. The average Bonchev–Trinajstić information content (AvgIpc) is 2.19. The number of thiol groups is 1. The van der Waals surface area contributed by atoms with Gasteiger partial charge in [-0.1, -0.05) is 0 Å². The van der Waals surface area contributed by atoms with Gasteiger partial charge in [-0.05, 0) is 12.2 Å². The van der Waals surface area contributed by atoms with E-state index in [2.05, 4.69) is 12.6 Å². The lowest BCUT2D eigenvalue weighted by Crippen LogP contribution is -1.77. The van der Waals surface area contributed by atoms with Crippen LogP contribution in [-0.2, 0) is 0 Å². The Hall–Kier alpha value is 0.280. The molecule has 0 saturated heterocycles. The highest BCUT2D eigenvalue weighted by molar-refractivity contribution is 7.80. The van der Waals surface area contributed by atoms with Crippen LogP contribution in [0.25, 0.3) is 0 Å². The highest BCUT2D eigenvalue weighted by Crippen LogP contribution is 2.34. The highest BCUT2D eigenvalue weighted by Gasteiger charge is 2.35. The van der Waals surface area contributed by atoms with Crippen LogP contribution in [0.5, 0.6) is 0 Å². The summed E-state index contributed by atoms with van der Waals surface area (Å²) in [5.74, 6) is 1.02. The van der Waals surface area contributed by atoms with Gasteiger partial charge in [0, 0.05) is 5.92 Å². The van der Waals surface area contributed by atoms with Crippen molar-refractivity contribution in [2.24, 2.45) is 5.92 Å². The molecule has 0 spiro atoms. The van der Waals surface area contributed by atoms with Gasteiger partial charge in [0.05, 0.1) is 0 Å². The normalized spacial score (nSPS) is 43.0. The Balaban J connectivity index is 2.09. The summed E-state index contributed by atoms with van der Waals surface area (Å²) in [4.78, 5) is 0. The van der Waals surface area contributed by atoms with Gasteiger partial charge in [-0.3, -0.25) is 0 Å². The van der Waals surface area contributed by atoms with Crippen LogP contribution in [-0.4, -0.2) is 11.9 Å². The standard InChI is InChI=1S/C4H7FS/c5-4-1-3(4)2-6/h3-4,6H,1-2H2. The number of alkyl halides is 1. The SMILES string of the molecule is FC1CC1CS. The van der Waals surface area contributed by atoms with E-state index in [-0.39, 0.29) is 0 Å². The third kappa shape index (κ3) is 0.672. The molecule has 0 aromatic carbocycles. The molecule has 0 radical (unpaired) electrons. The maximum Gasteiger partial charge on any atom is 0.104 e. The summed E-state index contributed by atoms with van der Waals surface area (Å²) in [6.45, 7) is 0. The van der Waals surface area contributed by atoms with Gasteiger partial charge in [-0.2, -0.15) is 12.6 Å². The van der Waals surface area contributed by atoms with Gasteiger partial charge in [0.1, 0.15) is 6.17 Å². The van der Waals surface area contributed by atoms with Gasteiger partial charge >= 0.3 is 0 Å². The molecule has 2 heteroatoms. The fourth-order valence-corrected chi connectivity index (χ4v) is 0.777. The lowest BCUT2D eigenvalue weighted by atomic mass is 10.5. The van der Waals surface area contributed by atoms with E-state index in [9.17, 15) is 4.39 Å². The topological polar surface area (TPSA) is 0 Å². The molecular formula is C4H7FS. The van der Waals surface area contributed by atoms with Crippen molar-refractivity contribution in [2.75, 3.05) is 5.75 Å². The van der Waals surface area contributed by atoms with E-state index in [0.29, 0.717) is 5.92 Å². The van der Waals surface area contributed by atoms with E-state index < -0.39 is 6.17 Å². The molecule has 0 aromatic rings. The second-order valence-corrected chi connectivity index (χ2v) is 2.06. The summed E-state index contributed by atoms with van der Waals surface area (Å²) in [7, 11) is 0. The van der Waals surface area contributed by atoms with Gasteiger partial charge in [0.25, 0.3) is 0 Å². The molecule has 0 aliphatic heterocycles. The molecule has 1 aliphatic carbocycles. The molecule has 0 nitrogen and oxygen atoms in total. The van der Waals surface area contributed by atoms with E-state index in [1.807, 2.05) is 0 Å². The van der Waals surface area contributed by atoms with Crippen molar-refractivity contribution >= 4 is 12.6 Å². The van der Waals surface area contributed by atoms with Gasteiger partial charge < -0.3 is 0 Å². The van der Waals surface area contributed by atoms with E-state index in [0.717, 1.165) is 12.2 Å². The monoisotopic (exact) mass is 106 g/mol. The Morgan fingerprint density at radius 2 is 2.33 bits per heavy atom. The first-order chi connectivity index (χ1) is 2.84. The molecule has 1 rings (SSSR count). The highest BCUT2D eigenvalue weighted by atomic mass is 32.1. The molecular weight excluding hydrogens is 99.1 g/mol. The van der Waals surface area contributed by atoms with Crippen molar-refractivity contribution in [3.05, 3.63) is 0 Å². The lowest BCUT2D eigenvalue weighted by Gasteiger charge is -1.76. The van der Waals surface area contributed by atoms with Crippen LogP contribution < -0.4 is 0 Å².